The molecule has 0 spiro atoms. The molecule has 0 aliphatic carbocycles. The second-order valence-electron chi connectivity index (χ2n) is 5.08. The van der Waals surface area contributed by atoms with Crippen LogP contribution < -0.4 is 4.90 Å². The van der Waals surface area contributed by atoms with E-state index in [9.17, 15) is 9.59 Å². The van der Waals surface area contributed by atoms with Crippen LogP contribution in [0, 0.1) is 0 Å². The molecule has 2 aromatic rings. The van der Waals surface area contributed by atoms with Gasteiger partial charge >= 0.3 is 5.97 Å². The third-order valence-corrected chi connectivity index (χ3v) is 3.26. The van der Waals surface area contributed by atoms with E-state index < -0.39 is 5.97 Å². The molecule has 1 aromatic heterocycles. The number of benzene rings is 1. The molecule has 1 heterocycles. The first-order valence-electron chi connectivity index (χ1n) is 6.61. The van der Waals surface area contributed by atoms with E-state index in [4.69, 9.17) is 9.52 Å². The molecule has 0 fully saturated rings. The van der Waals surface area contributed by atoms with Crippen molar-refractivity contribution in [2.24, 2.45) is 0 Å². The first-order valence-corrected chi connectivity index (χ1v) is 6.61. The van der Waals surface area contributed by atoms with E-state index in [2.05, 4.69) is 13.8 Å². The first kappa shape index (κ1) is 14.8. The van der Waals surface area contributed by atoms with Crippen molar-refractivity contribution in [1.82, 2.24) is 0 Å². The van der Waals surface area contributed by atoms with Crippen LogP contribution in [0.3, 0.4) is 0 Å². The summed E-state index contributed by atoms with van der Waals surface area (Å²) in [5, 5.41) is 8.81. The van der Waals surface area contributed by atoms with Crippen LogP contribution in [0.25, 0.3) is 0 Å². The van der Waals surface area contributed by atoms with Crippen LogP contribution in [-0.4, -0.2) is 24.0 Å². The third kappa shape index (κ3) is 3.13. The van der Waals surface area contributed by atoms with Gasteiger partial charge in [0.1, 0.15) is 0 Å². The number of carboxylic acid groups (broad SMARTS) is 1. The van der Waals surface area contributed by atoms with Crippen LogP contribution >= 0.6 is 0 Å². The number of amides is 1. The Morgan fingerprint density at radius 3 is 2.38 bits per heavy atom. The number of hydrogen-bond acceptors (Lipinski definition) is 3. The molecule has 0 bridgehead atoms. The normalized spacial score (nSPS) is 10.7. The molecular formula is C16H17NO4. The summed E-state index contributed by atoms with van der Waals surface area (Å²) >= 11 is 0. The molecule has 0 radical (unpaired) electrons. The molecule has 0 saturated heterocycles. The summed E-state index contributed by atoms with van der Waals surface area (Å²) in [6.07, 6.45) is 0. The summed E-state index contributed by atoms with van der Waals surface area (Å²) in [6.45, 7) is 4.15. The van der Waals surface area contributed by atoms with Crippen LogP contribution in [-0.2, 0) is 0 Å². The van der Waals surface area contributed by atoms with Gasteiger partial charge in [-0.3, -0.25) is 4.79 Å². The van der Waals surface area contributed by atoms with Crippen LogP contribution in [0.4, 0.5) is 5.69 Å². The lowest BCUT2D eigenvalue weighted by Crippen LogP contribution is -2.25. The van der Waals surface area contributed by atoms with Gasteiger partial charge in [-0.25, -0.2) is 4.79 Å². The van der Waals surface area contributed by atoms with Crippen molar-refractivity contribution in [1.29, 1.82) is 0 Å². The Morgan fingerprint density at radius 2 is 1.81 bits per heavy atom. The fourth-order valence-corrected chi connectivity index (χ4v) is 1.94. The number of carbonyl (C=O) groups is 2. The van der Waals surface area contributed by atoms with Crippen LogP contribution in [0.1, 0.15) is 46.4 Å². The number of carboxylic acids is 1. The molecule has 1 amide bonds. The molecule has 0 atom stereocenters. The van der Waals surface area contributed by atoms with E-state index in [1.54, 1.807) is 7.05 Å². The summed E-state index contributed by atoms with van der Waals surface area (Å²) in [5.74, 6) is -1.47. The van der Waals surface area contributed by atoms with Gasteiger partial charge < -0.3 is 14.4 Å². The van der Waals surface area contributed by atoms with Crippen molar-refractivity contribution in [2.75, 3.05) is 11.9 Å². The van der Waals surface area contributed by atoms with E-state index in [0.717, 1.165) is 11.3 Å². The van der Waals surface area contributed by atoms with Crippen LogP contribution in [0.2, 0.25) is 0 Å². The zero-order chi connectivity index (χ0) is 15.6. The number of nitrogens with zero attached hydrogens (tertiary/aromatic N) is 1. The van der Waals surface area contributed by atoms with Crippen LogP contribution in [0.5, 0.6) is 0 Å². The molecule has 2 rings (SSSR count). The Kier molecular flexibility index (Phi) is 4.12. The summed E-state index contributed by atoms with van der Waals surface area (Å²) in [4.78, 5) is 24.5. The second-order valence-corrected chi connectivity index (χ2v) is 5.08. The van der Waals surface area contributed by atoms with Crippen molar-refractivity contribution in [3.8, 4) is 0 Å². The van der Waals surface area contributed by atoms with E-state index in [0.29, 0.717) is 5.92 Å². The van der Waals surface area contributed by atoms with E-state index >= 15 is 0 Å². The SMILES string of the molecule is CC(C)c1cccc(N(C)C(=O)c2ccc(C(=O)O)o2)c1. The third-order valence-electron chi connectivity index (χ3n) is 3.26. The van der Waals surface area contributed by atoms with Crippen LogP contribution in [0.15, 0.2) is 40.8 Å². The smallest absolute Gasteiger partial charge is 0.371 e. The van der Waals surface area contributed by atoms with E-state index in [-0.39, 0.29) is 17.4 Å². The Balaban J connectivity index is 2.26. The lowest BCUT2D eigenvalue weighted by Gasteiger charge is -2.17. The maximum absolute atomic E-state index is 12.3. The Labute approximate surface area is 122 Å². The molecule has 0 saturated carbocycles. The molecule has 110 valence electrons. The Hall–Kier alpha value is -2.56. The van der Waals surface area contributed by atoms with Crippen molar-refractivity contribution >= 4 is 17.6 Å². The molecular weight excluding hydrogens is 270 g/mol. The molecule has 0 aliphatic rings. The second kappa shape index (κ2) is 5.83. The quantitative estimate of drug-likeness (QED) is 0.935. The van der Waals surface area contributed by atoms with Crippen molar-refractivity contribution in [3.63, 3.8) is 0 Å². The predicted octanol–water partition coefficient (Wildman–Crippen LogP) is 3.38. The maximum Gasteiger partial charge on any atom is 0.371 e. The van der Waals surface area contributed by atoms with Gasteiger partial charge in [-0.2, -0.15) is 0 Å². The molecule has 5 heteroatoms. The molecule has 1 aromatic carbocycles. The van der Waals surface area contributed by atoms with E-state index in [1.165, 1.54) is 17.0 Å². The highest BCUT2D eigenvalue weighted by Crippen LogP contribution is 2.22. The predicted molar refractivity (Wildman–Crippen MR) is 78.9 cm³/mol. The highest BCUT2D eigenvalue weighted by atomic mass is 16.4. The van der Waals surface area contributed by atoms with Gasteiger partial charge in [0.05, 0.1) is 0 Å². The van der Waals surface area contributed by atoms with Gasteiger partial charge in [-0.1, -0.05) is 26.0 Å². The number of furan rings is 1. The summed E-state index contributed by atoms with van der Waals surface area (Å²) in [6, 6.07) is 10.3. The Bertz CT molecular complexity index is 672. The van der Waals surface area contributed by atoms with Gasteiger partial charge in [0.25, 0.3) is 5.91 Å². The number of carbonyl (C=O) groups excluding carboxylic acids is 1. The minimum absolute atomic E-state index is 0.00449. The van der Waals surface area contributed by atoms with Gasteiger partial charge in [-0.15, -0.1) is 0 Å². The maximum atomic E-state index is 12.3. The average Bonchev–Trinajstić information content (AvgIpc) is 2.95. The zero-order valence-electron chi connectivity index (χ0n) is 12.2. The topological polar surface area (TPSA) is 70.8 Å². The largest absolute Gasteiger partial charge is 0.475 e. The fourth-order valence-electron chi connectivity index (χ4n) is 1.94. The fraction of sp³-hybridized carbons (Fsp3) is 0.250. The van der Waals surface area contributed by atoms with Gasteiger partial charge in [0.2, 0.25) is 5.76 Å². The number of aromatic carboxylic acids is 1. The molecule has 5 nitrogen and oxygen atoms in total. The number of rotatable bonds is 4. The number of hydrogen-bond donors (Lipinski definition) is 1. The summed E-state index contributed by atoms with van der Waals surface area (Å²) in [5.41, 5.74) is 1.86. The highest BCUT2D eigenvalue weighted by Gasteiger charge is 2.19. The average molecular weight is 287 g/mol. The summed E-state index contributed by atoms with van der Waals surface area (Å²) < 4.78 is 5.04. The molecule has 0 aliphatic heterocycles. The number of anilines is 1. The van der Waals surface area contributed by atoms with E-state index in [1.807, 2.05) is 24.3 Å². The minimum atomic E-state index is -1.20. The van der Waals surface area contributed by atoms with Crippen molar-refractivity contribution in [3.05, 3.63) is 53.5 Å². The van der Waals surface area contributed by atoms with Crippen molar-refractivity contribution in [2.45, 2.75) is 19.8 Å². The molecule has 21 heavy (non-hydrogen) atoms. The molecule has 1 N–H and O–H groups in total. The highest BCUT2D eigenvalue weighted by molar-refractivity contribution is 6.04. The zero-order valence-corrected chi connectivity index (χ0v) is 12.2. The first-order chi connectivity index (χ1) is 9.90. The van der Waals surface area contributed by atoms with Gasteiger partial charge in [0.15, 0.2) is 5.76 Å². The van der Waals surface area contributed by atoms with Crippen molar-refractivity contribution < 1.29 is 19.1 Å². The van der Waals surface area contributed by atoms with Gasteiger partial charge in [-0.05, 0) is 35.7 Å². The minimum Gasteiger partial charge on any atom is -0.475 e. The summed E-state index contributed by atoms with van der Waals surface area (Å²) in [7, 11) is 1.63. The monoisotopic (exact) mass is 287 g/mol. The lowest BCUT2D eigenvalue weighted by atomic mass is 10.0. The standard InChI is InChI=1S/C16H17NO4/c1-10(2)11-5-4-6-12(9-11)17(3)15(18)13-7-8-14(21-13)16(19)20/h4-10H,1-3H3,(H,19,20). The molecule has 0 unspecified atom stereocenters. The lowest BCUT2D eigenvalue weighted by molar-refractivity contribution is 0.0660. The van der Waals surface area contributed by atoms with Gasteiger partial charge in [0, 0.05) is 12.7 Å². The Morgan fingerprint density at radius 1 is 1.14 bits per heavy atom.